The zero-order valence-corrected chi connectivity index (χ0v) is 11.8. The number of amides is 2. The van der Waals surface area contributed by atoms with Crippen LogP contribution in [0.2, 0.25) is 0 Å². The normalized spacial score (nSPS) is 18.8. The van der Waals surface area contributed by atoms with E-state index < -0.39 is 11.9 Å². The molecule has 21 heavy (non-hydrogen) atoms. The van der Waals surface area contributed by atoms with E-state index in [-0.39, 0.29) is 17.9 Å². The molecule has 1 fully saturated rings. The molecule has 0 bridgehead atoms. The van der Waals surface area contributed by atoms with Crippen molar-refractivity contribution in [1.29, 1.82) is 0 Å². The third-order valence-corrected chi connectivity index (χ3v) is 3.95. The lowest BCUT2D eigenvalue weighted by molar-refractivity contribution is -0.135. The van der Waals surface area contributed by atoms with Gasteiger partial charge in [-0.2, -0.15) is 0 Å². The van der Waals surface area contributed by atoms with E-state index in [4.69, 9.17) is 0 Å². The third-order valence-electron chi connectivity index (χ3n) is 3.95. The quantitative estimate of drug-likeness (QED) is 0.851. The highest BCUT2D eigenvalue weighted by Crippen LogP contribution is 2.19. The number of nitrogens with one attached hydrogen (secondary N) is 1. The van der Waals surface area contributed by atoms with Crippen LogP contribution in [-0.2, 0) is 16.0 Å². The highest BCUT2D eigenvalue weighted by Gasteiger charge is 2.28. The fraction of sp³-hybridized carbons (Fsp3) is 0.312. The zero-order valence-electron chi connectivity index (χ0n) is 11.8. The second-order valence-electron chi connectivity index (χ2n) is 5.27. The van der Waals surface area contributed by atoms with Crippen molar-refractivity contribution in [2.24, 2.45) is 0 Å². The highest BCUT2D eigenvalue weighted by molar-refractivity contribution is 5.99. The van der Waals surface area contributed by atoms with Crippen LogP contribution in [-0.4, -0.2) is 16.4 Å². The van der Waals surface area contributed by atoms with Gasteiger partial charge in [0.2, 0.25) is 11.8 Å². The van der Waals surface area contributed by atoms with Gasteiger partial charge in [0.25, 0.3) is 5.56 Å². The van der Waals surface area contributed by atoms with Crippen LogP contribution in [0.1, 0.15) is 31.4 Å². The van der Waals surface area contributed by atoms with E-state index in [1.54, 1.807) is 12.3 Å². The minimum absolute atomic E-state index is 0.190. The number of pyridine rings is 1. The summed E-state index contributed by atoms with van der Waals surface area (Å²) in [5.41, 5.74) is 0.977. The van der Waals surface area contributed by atoms with Crippen LogP contribution >= 0.6 is 0 Å². The second kappa shape index (κ2) is 5.16. The van der Waals surface area contributed by atoms with Crippen LogP contribution in [0.4, 0.5) is 0 Å². The van der Waals surface area contributed by atoms with E-state index in [9.17, 15) is 14.4 Å². The molecule has 0 saturated carbocycles. The molecule has 0 spiro atoms. The predicted octanol–water partition coefficient (Wildman–Crippen LogP) is 1.54. The molecule has 1 N–H and O–H groups in total. The number of carbonyl (C=O) groups excluding carboxylic acids is 2. The monoisotopic (exact) mass is 284 g/mol. The van der Waals surface area contributed by atoms with Gasteiger partial charge in [-0.25, -0.2) is 0 Å². The summed E-state index contributed by atoms with van der Waals surface area (Å²) in [7, 11) is 0. The van der Waals surface area contributed by atoms with E-state index in [1.807, 2.05) is 18.2 Å². The Bertz CT molecular complexity index is 792. The van der Waals surface area contributed by atoms with Gasteiger partial charge in [-0.1, -0.05) is 19.1 Å². The topological polar surface area (TPSA) is 68.2 Å². The molecular formula is C16H16N2O3. The predicted molar refractivity (Wildman–Crippen MR) is 79.0 cm³/mol. The summed E-state index contributed by atoms with van der Waals surface area (Å²) < 4.78 is 1.43. The number of hydrogen-bond donors (Lipinski definition) is 1. The Labute approximate surface area is 121 Å². The van der Waals surface area contributed by atoms with Gasteiger partial charge in [0, 0.05) is 18.0 Å². The Morgan fingerprint density at radius 3 is 2.76 bits per heavy atom. The summed E-state index contributed by atoms with van der Waals surface area (Å²) in [6.07, 6.45) is 3.18. The Kier molecular flexibility index (Phi) is 3.33. The van der Waals surface area contributed by atoms with Crippen molar-refractivity contribution in [3.8, 4) is 0 Å². The molecule has 0 unspecified atom stereocenters. The molecule has 3 rings (SSSR count). The highest BCUT2D eigenvalue weighted by atomic mass is 16.2. The van der Waals surface area contributed by atoms with E-state index in [1.165, 1.54) is 10.1 Å². The Morgan fingerprint density at radius 2 is 2.05 bits per heavy atom. The standard InChI is InChI=1S/C16H16N2O3/c1-2-10-3-4-12-11(9-10)7-8-18(16(12)21)13-5-6-14(19)17-15(13)20/h3-4,7-9,13H,2,5-6H2,1H3,(H,17,19,20)/t13-/m1/s1. The van der Waals surface area contributed by atoms with Gasteiger partial charge in [0.15, 0.2) is 0 Å². The lowest BCUT2D eigenvalue weighted by Crippen LogP contribution is -2.44. The molecule has 0 aliphatic carbocycles. The lowest BCUT2D eigenvalue weighted by atomic mass is 10.0. The molecule has 0 radical (unpaired) electrons. The number of aryl methyl sites for hydroxylation is 1. The smallest absolute Gasteiger partial charge is 0.259 e. The molecule has 1 aromatic carbocycles. The summed E-state index contributed by atoms with van der Waals surface area (Å²) in [5.74, 6) is -0.685. The molecule has 5 nitrogen and oxygen atoms in total. The Hall–Kier alpha value is -2.43. The van der Waals surface area contributed by atoms with E-state index in [0.29, 0.717) is 11.8 Å². The van der Waals surface area contributed by atoms with Crippen molar-refractivity contribution >= 4 is 22.6 Å². The number of hydrogen-bond acceptors (Lipinski definition) is 3. The minimum Gasteiger partial charge on any atom is -0.302 e. The lowest BCUT2D eigenvalue weighted by Gasteiger charge is -2.23. The number of rotatable bonds is 2. The fourth-order valence-corrected chi connectivity index (χ4v) is 2.73. The molecule has 5 heteroatoms. The third kappa shape index (κ3) is 2.35. The Morgan fingerprint density at radius 1 is 1.24 bits per heavy atom. The van der Waals surface area contributed by atoms with Crippen LogP contribution in [0.5, 0.6) is 0 Å². The number of nitrogens with zero attached hydrogens (tertiary/aromatic N) is 1. The number of aromatic nitrogens is 1. The average Bonchev–Trinajstić information content (AvgIpc) is 2.48. The van der Waals surface area contributed by atoms with Gasteiger partial charge in [0.05, 0.1) is 0 Å². The largest absolute Gasteiger partial charge is 0.302 e. The van der Waals surface area contributed by atoms with Crippen LogP contribution in [0, 0.1) is 0 Å². The number of imide groups is 1. The van der Waals surface area contributed by atoms with E-state index in [2.05, 4.69) is 12.2 Å². The summed E-state index contributed by atoms with van der Waals surface area (Å²) in [4.78, 5) is 35.7. The zero-order chi connectivity index (χ0) is 15.0. The van der Waals surface area contributed by atoms with Crippen LogP contribution in [0.3, 0.4) is 0 Å². The number of fused-ring (bicyclic) bond motifs is 1. The van der Waals surface area contributed by atoms with E-state index in [0.717, 1.165) is 11.8 Å². The van der Waals surface area contributed by atoms with Gasteiger partial charge in [-0.15, -0.1) is 0 Å². The van der Waals surface area contributed by atoms with Crippen molar-refractivity contribution in [3.05, 3.63) is 46.4 Å². The fourth-order valence-electron chi connectivity index (χ4n) is 2.73. The second-order valence-corrected chi connectivity index (χ2v) is 5.27. The first-order chi connectivity index (χ1) is 10.1. The van der Waals surface area contributed by atoms with Crippen molar-refractivity contribution in [2.75, 3.05) is 0 Å². The van der Waals surface area contributed by atoms with E-state index >= 15 is 0 Å². The molecule has 1 aliphatic heterocycles. The number of piperidine rings is 1. The van der Waals surface area contributed by atoms with Gasteiger partial charge >= 0.3 is 0 Å². The number of benzene rings is 1. The molecular weight excluding hydrogens is 268 g/mol. The molecule has 2 heterocycles. The molecule has 108 valence electrons. The van der Waals surface area contributed by atoms with Crippen molar-refractivity contribution in [3.63, 3.8) is 0 Å². The first-order valence-electron chi connectivity index (χ1n) is 7.07. The molecule has 2 amide bonds. The van der Waals surface area contributed by atoms with Crippen molar-refractivity contribution < 1.29 is 9.59 Å². The first kappa shape index (κ1) is 13.5. The molecule has 1 atom stereocenters. The summed E-state index contributed by atoms with van der Waals surface area (Å²) in [6.45, 7) is 2.06. The molecule has 2 aromatic rings. The maximum Gasteiger partial charge on any atom is 0.259 e. The minimum atomic E-state index is -0.606. The average molecular weight is 284 g/mol. The van der Waals surface area contributed by atoms with Crippen LogP contribution in [0.25, 0.3) is 10.8 Å². The van der Waals surface area contributed by atoms with Crippen molar-refractivity contribution in [1.82, 2.24) is 9.88 Å². The van der Waals surface area contributed by atoms with Gasteiger partial charge < -0.3 is 4.57 Å². The van der Waals surface area contributed by atoms with Crippen molar-refractivity contribution in [2.45, 2.75) is 32.2 Å². The summed E-state index contributed by atoms with van der Waals surface area (Å²) in [5, 5.41) is 3.76. The molecule has 1 aromatic heterocycles. The molecule has 1 saturated heterocycles. The summed E-state index contributed by atoms with van der Waals surface area (Å²) in [6, 6.07) is 6.97. The van der Waals surface area contributed by atoms with Gasteiger partial charge in [-0.05, 0) is 35.9 Å². The van der Waals surface area contributed by atoms with Crippen LogP contribution in [0.15, 0.2) is 35.3 Å². The maximum atomic E-state index is 12.6. The number of carbonyl (C=O) groups is 2. The SMILES string of the molecule is CCc1ccc2c(=O)n([C@@H]3CCC(=O)NC3=O)ccc2c1. The summed E-state index contributed by atoms with van der Waals surface area (Å²) >= 11 is 0. The molecule has 1 aliphatic rings. The maximum absolute atomic E-state index is 12.6. The first-order valence-corrected chi connectivity index (χ1v) is 7.07. The Balaban J connectivity index is 2.08. The van der Waals surface area contributed by atoms with Gasteiger partial charge in [-0.3, -0.25) is 19.7 Å². The van der Waals surface area contributed by atoms with Gasteiger partial charge in [0.1, 0.15) is 6.04 Å². The van der Waals surface area contributed by atoms with Crippen LogP contribution < -0.4 is 10.9 Å².